The molecule has 0 spiro atoms. The molecule has 0 bridgehead atoms. The minimum Gasteiger partial charge on any atom is -0.478 e. The lowest BCUT2D eigenvalue weighted by Crippen LogP contribution is -1.93. The van der Waals surface area contributed by atoms with Gasteiger partial charge in [-0.25, -0.2) is 14.8 Å². The van der Waals surface area contributed by atoms with Crippen molar-refractivity contribution in [2.24, 2.45) is 0 Å². The third-order valence-corrected chi connectivity index (χ3v) is 1.50. The van der Waals surface area contributed by atoms with Gasteiger partial charge in [-0.3, -0.25) is 0 Å². The number of carboxylic acid groups (broad SMARTS) is 1. The SMILES string of the molecule is O=C(O)c1ccccc1.S.c1cncnc1. The van der Waals surface area contributed by atoms with Gasteiger partial charge < -0.3 is 5.11 Å². The molecule has 0 atom stereocenters. The van der Waals surface area contributed by atoms with Crippen LogP contribution in [0, 0.1) is 0 Å². The monoisotopic (exact) mass is 236 g/mol. The molecule has 1 aromatic carbocycles. The number of carboxylic acids is 1. The van der Waals surface area contributed by atoms with E-state index < -0.39 is 5.97 Å². The molecule has 2 aromatic rings. The zero-order valence-electron chi connectivity index (χ0n) is 8.45. The molecule has 0 aliphatic rings. The van der Waals surface area contributed by atoms with Gasteiger partial charge in [0.1, 0.15) is 6.33 Å². The van der Waals surface area contributed by atoms with E-state index in [0.717, 1.165) is 0 Å². The quantitative estimate of drug-likeness (QED) is 0.822. The van der Waals surface area contributed by atoms with Crippen LogP contribution in [0.3, 0.4) is 0 Å². The molecule has 16 heavy (non-hydrogen) atoms. The van der Waals surface area contributed by atoms with E-state index in [0.29, 0.717) is 5.56 Å². The predicted octanol–water partition coefficient (Wildman–Crippen LogP) is 1.97. The standard InChI is InChI=1S/C7H6O2.C4H4N2.H2S/c8-7(9)6-4-2-1-3-5-6;1-2-5-4-6-3-1;/h1-5H,(H,8,9);1-4H;1H2. The first-order valence-electron chi connectivity index (χ1n) is 4.29. The van der Waals surface area contributed by atoms with E-state index in [9.17, 15) is 4.79 Å². The molecule has 84 valence electrons. The van der Waals surface area contributed by atoms with E-state index in [4.69, 9.17) is 5.11 Å². The van der Waals surface area contributed by atoms with Gasteiger partial charge in [-0.05, 0) is 18.2 Å². The van der Waals surface area contributed by atoms with Crippen LogP contribution >= 0.6 is 13.5 Å². The number of hydrogen-bond donors (Lipinski definition) is 1. The fourth-order valence-electron chi connectivity index (χ4n) is 0.834. The van der Waals surface area contributed by atoms with E-state index >= 15 is 0 Å². The predicted molar refractivity (Wildman–Crippen MR) is 65.8 cm³/mol. The van der Waals surface area contributed by atoms with Crippen LogP contribution in [0.1, 0.15) is 10.4 Å². The van der Waals surface area contributed by atoms with E-state index in [1.165, 1.54) is 6.33 Å². The Kier molecular flexibility index (Phi) is 7.44. The average Bonchev–Trinajstić information content (AvgIpc) is 2.33. The van der Waals surface area contributed by atoms with Crippen molar-refractivity contribution in [2.75, 3.05) is 0 Å². The van der Waals surface area contributed by atoms with Crippen molar-refractivity contribution < 1.29 is 9.90 Å². The molecule has 0 saturated carbocycles. The van der Waals surface area contributed by atoms with E-state index in [1.807, 2.05) is 0 Å². The third-order valence-electron chi connectivity index (χ3n) is 1.50. The summed E-state index contributed by atoms with van der Waals surface area (Å²) in [7, 11) is 0. The number of aromatic carboxylic acids is 1. The second-order valence-corrected chi connectivity index (χ2v) is 2.58. The molecule has 0 fully saturated rings. The highest BCUT2D eigenvalue weighted by Crippen LogP contribution is 1.96. The maximum atomic E-state index is 10.2. The summed E-state index contributed by atoms with van der Waals surface area (Å²) in [5.41, 5.74) is 0.331. The maximum Gasteiger partial charge on any atom is 0.335 e. The van der Waals surface area contributed by atoms with Crippen LogP contribution in [0.4, 0.5) is 0 Å². The van der Waals surface area contributed by atoms with Crippen molar-refractivity contribution in [1.29, 1.82) is 0 Å². The Morgan fingerprint density at radius 2 is 1.56 bits per heavy atom. The van der Waals surface area contributed by atoms with Crippen LogP contribution in [0.5, 0.6) is 0 Å². The Balaban J connectivity index is 0.000000283. The Hall–Kier alpha value is -1.88. The molecule has 1 N–H and O–H groups in total. The summed E-state index contributed by atoms with van der Waals surface area (Å²) in [6.07, 6.45) is 4.88. The Labute approximate surface area is 100 Å². The molecule has 1 aromatic heterocycles. The van der Waals surface area contributed by atoms with Gasteiger partial charge in [-0.1, -0.05) is 18.2 Å². The van der Waals surface area contributed by atoms with Crippen LogP contribution < -0.4 is 0 Å². The molecule has 4 nitrogen and oxygen atoms in total. The average molecular weight is 236 g/mol. The van der Waals surface area contributed by atoms with Gasteiger partial charge in [-0.15, -0.1) is 0 Å². The first kappa shape index (κ1) is 14.1. The van der Waals surface area contributed by atoms with Gasteiger partial charge in [0.05, 0.1) is 5.56 Å². The van der Waals surface area contributed by atoms with Crippen molar-refractivity contribution in [3.05, 3.63) is 60.7 Å². The minimum absolute atomic E-state index is 0. The first-order chi connectivity index (χ1) is 7.30. The van der Waals surface area contributed by atoms with Gasteiger partial charge in [0.15, 0.2) is 0 Å². The Morgan fingerprint density at radius 3 is 1.81 bits per heavy atom. The zero-order valence-corrected chi connectivity index (χ0v) is 9.45. The van der Waals surface area contributed by atoms with Crippen LogP contribution in [0.25, 0.3) is 0 Å². The number of rotatable bonds is 1. The van der Waals surface area contributed by atoms with Crippen molar-refractivity contribution in [1.82, 2.24) is 9.97 Å². The number of benzene rings is 1. The van der Waals surface area contributed by atoms with Gasteiger partial charge in [0.2, 0.25) is 0 Å². The van der Waals surface area contributed by atoms with Gasteiger partial charge in [0, 0.05) is 12.4 Å². The van der Waals surface area contributed by atoms with Crippen molar-refractivity contribution in [2.45, 2.75) is 0 Å². The summed E-state index contributed by atoms with van der Waals surface area (Å²) in [4.78, 5) is 17.5. The molecule has 0 radical (unpaired) electrons. The molecule has 1 heterocycles. The number of aromatic nitrogens is 2. The van der Waals surface area contributed by atoms with E-state index in [2.05, 4.69) is 9.97 Å². The maximum absolute atomic E-state index is 10.2. The first-order valence-corrected chi connectivity index (χ1v) is 4.29. The molecule has 0 aliphatic carbocycles. The van der Waals surface area contributed by atoms with E-state index in [1.54, 1.807) is 48.8 Å². The summed E-state index contributed by atoms with van der Waals surface area (Å²) in [6, 6.07) is 10.1. The zero-order chi connectivity index (χ0) is 10.9. The van der Waals surface area contributed by atoms with Crippen LogP contribution in [0.2, 0.25) is 0 Å². The lowest BCUT2D eigenvalue weighted by Gasteiger charge is -1.88. The largest absolute Gasteiger partial charge is 0.478 e. The fraction of sp³-hybridized carbons (Fsp3) is 0. The lowest BCUT2D eigenvalue weighted by atomic mass is 10.2. The summed E-state index contributed by atoms with van der Waals surface area (Å²) >= 11 is 0. The normalized spacial score (nSPS) is 8.00. The Morgan fingerprint density at radius 1 is 1.00 bits per heavy atom. The molecule has 5 heteroatoms. The summed E-state index contributed by atoms with van der Waals surface area (Å²) in [5.74, 6) is -0.879. The molecule has 0 saturated heterocycles. The number of carbonyl (C=O) groups is 1. The minimum atomic E-state index is -0.879. The highest BCUT2D eigenvalue weighted by atomic mass is 32.1. The third kappa shape index (κ3) is 5.77. The molecule has 0 unspecified atom stereocenters. The Bertz CT molecular complexity index is 369. The molecular weight excluding hydrogens is 224 g/mol. The highest BCUT2D eigenvalue weighted by molar-refractivity contribution is 7.59. The molecular formula is C11H12N2O2S. The second-order valence-electron chi connectivity index (χ2n) is 2.58. The summed E-state index contributed by atoms with van der Waals surface area (Å²) < 4.78 is 0. The number of nitrogens with zero attached hydrogens (tertiary/aromatic N) is 2. The van der Waals surface area contributed by atoms with Crippen molar-refractivity contribution >= 4 is 19.5 Å². The van der Waals surface area contributed by atoms with Crippen LogP contribution in [0.15, 0.2) is 55.1 Å². The second kappa shape index (κ2) is 8.43. The highest BCUT2D eigenvalue weighted by Gasteiger charge is 1.96. The molecule has 2 rings (SSSR count). The van der Waals surface area contributed by atoms with Gasteiger partial charge in [-0.2, -0.15) is 13.5 Å². The topological polar surface area (TPSA) is 63.1 Å². The summed E-state index contributed by atoms with van der Waals surface area (Å²) in [5, 5.41) is 8.38. The van der Waals surface area contributed by atoms with Crippen LogP contribution in [-0.4, -0.2) is 21.0 Å². The molecule has 0 aliphatic heterocycles. The summed E-state index contributed by atoms with van der Waals surface area (Å²) in [6.45, 7) is 0. The van der Waals surface area contributed by atoms with Crippen LogP contribution in [-0.2, 0) is 0 Å². The lowest BCUT2D eigenvalue weighted by molar-refractivity contribution is 0.0697. The van der Waals surface area contributed by atoms with Gasteiger partial charge >= 0.3 is 5.97 Å². The van der Waals surface area contributed by atoms with E-state index in [-0.39, 0.29) is 13.5 Å². The van der Waals surface area contributed by atoms with Gasteiger partial charge in [0.25, 0.3) is 0 Å². The fourth-order valence-corrected chi connectivity index (χ4v) is 0.834. The smallest absolute Gasteiger partial charge is 0.335 e. The van der Waals surface area contributed by atoms with Crippen molar-refractivity contribution in [3.8, 4) is 0 Å². The van der Waals surface area contributed by atoms with Crippen molar-refractivity contribution in [3.63, 3.8) is 0 Å². The number of hydrogen-bond acceptors (Lipinski definition) is 3. The molecule has 0 amide bonds.